The summed E-state index contributed by atoms with van der Waals surface area (Å²) in [5.74, 6) is -1.27. The van der Waals surface area contributed by atoms with Crippen molar-refractivity contribution in [3.05, 3.63) is 88.2 Å². The number of aliphatic hydroxyl groups excluding tert-OH is 2. The van der Waals surface area contributed by atoms with Crippen LogP contribution in [0.5, 0.6) is 0 Å². The van der Waals surface area contributed by atoms with Crippen molar-refractivity contribution in [3.63, 3.8) is 0 Å². The summed E-state index contributed by atoms with van der Waals surface area (Å²) >= 11 is 6.51. The molecule has 0 bridgehead atoms. The van der Waals surface area contributed by atoms with Gasteiger partial charge in [0.2, 0.25) is 0 Å². The zero-order valence-corrected chi connectivity index (χ0v) is 17.2. The Bertz CT molecular complexity index is 1250. The van der Waals surface area contributed by atoms with Gasteiger partial charge >= 0.3 is 0 Å². The highest BCUT2D eigenvalue weighted by Crippen LogP contribution is 2.48. The SMILES string of the molecule is O=C1Nc2cc(Cl)c(-c3ccc(C4(CO)CC4)cc3)cc2/C1=C(/O)c1cccc(F)c1. The van der Waals surface area contributed by atoms with Crippen molar-refractivity contribution in [2.24, 2.45) is 0 Å². The van der Waals surface area contributed by atoms with E-state index >= 15 is 0 Å². The highest BCUT2D eigenvalue weighted by Gasteiger charge is 2.43. The molecule has 0 saturated heterocycles. The predicted molar refractivity (Wildman–Crippen MR) is 119 cm³/mol. The number of hydrogen-bond acceptors (Lipinski definition) is 3. The quantitative estimate of drug-likeness (QED) is 0.372. The van der Waals surface area contributed by atoms with Crippen LogP contribution >= 0.6 is 11.6 Å². The van der Waals surface area contributed by atoms with Crippen LogP contribution in [-0.4, -0.2) is 22.7 Å². The fourth-order valence-electron chi connectivity index (χ4n) is 4.12. The van der Waals surface area contributed by atoms with Crippen LogP contribution in [0.3, 0.4) is 0 Å². The maximum absolute atomic E-state index is 13.6. The molecule has 1 aliphatic carbocycles. The molecular formula is C25H19ClFNO3. The van der Waals surface area contributed by atoms with Gasteiger partial charge in [0.1, 0.15) is 11.6 Å². The first kappa shape index (κ1) is 19.8. The van der Waals surface area contributed by atoms with E-state index in [0.29, 0.717) is 21.8 Å². The Hall–Kier alpha value is -3.15. The number of fused-ring (bicyclic) bond motifs is 1. The lowest BCUT2D eigenvalue weighted by Crippen LogP contribution is -2.11. The molecule has 1 heterocycles. The Morgan fingerprint density at radius 2 is 1.81 bits per heavy atom. The van der Waals surface area contributed by atoms with Crippen molar-refractivity contribution in [2.45, 2.75) is 18.3 Å². The second-order valence-electron chi connectivity index (χ2n) is 8.08. The van der Waals surface area contributed by atoms with Gasteiger partial charge in [0.15, 0.2) is 0 Å². The number of nitrogens with one attached hydrogen (secondary N) is 1. The van der Waals surface area contributed by atoms with Crippen molar-refractivity contribution in [1.29, 1.82) is 0 Å². The van der Waals surface area contributed by atoms with Gasteiger partial charge in [-0.1, -0.05) is 48.0 Å². The fourth-order valence-corrected chi connectivity index (χ4v) is 4.39. The van der Waals surface area contributed by atoms with E-state index in [1.165, 1.54) is 18.2 Å². The Labute approximate surface area is 183 Å². The predicted octanol–water partition coefficient (Wildman–Crippen LogP) is 5.55. The minimum absolute atomic E-state index is 0.0763. The van der Waals surface area contributed by atoms with Gasteiger partial charge in [-0.25, -0.2) is 4.39 Å². The lowest BCUT2D eigenvalue weighted by Gasteiger charge is -2.14. The lowest BCUT2D eigenvalue weighted by molar-refractivity contribution is -0.110. The summed E-state index contributed by atoms with van der Waals surface area (Å²) < 4.78 is 13.6. The summed E-state index contributed by atoms with van der Waals surface area (Å²) in [5, 5.41) is 23.6. The normalized spacial score (nSPS) is 17.8. The second kappa shape index (κ2) is 7.22. The topological polar surface area (TPSA) is 69.6 Å². The summed E-state index contributed by atoms with van der Waals surface area (Å²) in [4.78, 5) is 12.6. The molecule has 3 aromatic carbocycles. The van der Waals surface area contributed by atoms with Crippen LogP contribution < -0.4 is 5.32 Å². The second-order valence-corrected chi connectivity index (χ2v) is 8.49. The van der Waals surface area contributed by atoms with E-state index in [0.717, 1.165) is 24.0 Å². The van der Waals surface area contributed by atoms with E-state index in [-0.39, 0.29) is 28.9 Å². The number of halogens is 2. The van der Waals surface area contributed by atoms with Gasteiger partial charge in [-0.05, 0) is 48.2 Å². The molecule has 156 valence electrons. The molecule has 3 aromatic rings. The van der Waals surface area contributed by atoms with E-state index in [4.69, 9.17) is 11.6 Å². The van der Waals surface area contributed by atoms with Gasteiger partial charge in [0, 0.05) is 22.1 Å². The minimum atomic E-state index is -0.503. The van der Waals surface area contributed by atoms with Crippen LogP contribution in [0.25, 0.3) is 22.5 Å². The van der Waals surface area contributed by atoms with Gasteiger partial charge in [-0.15, -0.1) is 0 Å². The smallest absolute Gasteiger partial charge is 0.260 e. The first-order valence-corrected chi connectivity index (χ1v) is 10.4. The van der Waals surface area contributed by atoms with E-state index in [2.05, 4.69) is 5.32 Å². The highest BCUT2D eigenvalue weighted by atomic mass is 35.5. The maximum atomic E-state index is 13.6. The number of benzene rings is 3. The molecule has 0 aromatic heterocycles. The first-order valence-electron chi connectivity index (χ1n) is 9.98. The van der Waals surface area contributed by atoms with Crippen molar-refractivity contribution >= 4 is 34.5 Å². The number of anilines is 1. The summed E-state index contributed by atoms with van der Waals surface area (Å²) in [6.07, 6.45) is 1.95. The molecule has 0 spiro atoms. The monoisotopic (exact) mass is 435 g/mol. The third kappa shape index (κ3) is 3.30. The molecular weight excluding hydrogens is 417 g/mol. The third-order valence-corrected chi connectivity index (χ3v) is 6.46. The maximum Gasteiger partial charge on any atom is 0.260 e. The molecule has 2 aliphatic rings. The number of carbonyl (C=O) groups is 1. The number of aliphatic hydroxyl groups is 2. The molecule has 1 amide bonds. The Morgan fingerprint density at radius 3 is 2.45 bits per heavy atom. The van der Waals surface area contributed by atoms with Crippen molar-refractivity contribution < 1.29 is 19.4 Å². The molecule has 4 nitrogen and oxygen atoms in total. The molecule has 0 radical (unpaired) electrons. The van der Waals surface area contributed by atoms with E-state index in [1.54, 1.807) is 18.2 Å². The standard InChI is InChI=1S/C25H19ClFNO3/c26-20-12-21-19(22(24(31)28-21)23(30)15-2-1-3-17(27)10-15)11-18(20)14-4-6-16(7-5-14)25(13-29)8-9-25/h1-7,10-12,29-30H,8-9,13H2,(H,28,31)/b23-22-. The zero-order chi connectivity index (χ0) is 21.8. The number of carbonyl (C=O) groups excluding carboxylic acids is 1. The Morgan fingerprint density at radius 1 is 1.06 bits per heavy atom. The van der Waals surface area contributed by atoms with E-state index in [1.807, 2.05) is 24.3 Å². The molecule has 1 aliphatic heterocycles. The van der Waals surface area contributed by atoms with Crippen LogP contribution in [0, 0.1) is 5.82 Å². The van der Waals surface area contributed by atoms with Gasteiger partial charge in [-0.2, -0.15) is 0 Å². The van der Waals surface area contributed by atoms with Crippen molar-refractivity contribution in [2.75, 3.05) is 11.9 Å². The van der Waals surface area contributed by atoms with Gasteiger partial charge < -0.3 is 15.5 Å². The Kier molecular flexibility index (Phi) is 4.61. The average Bonchev–Trinajstić information content (AvgIpc) is 3.50. The van der Waals surface area contributed by atoms with Crippen molar-refractivity contribution in [1.82, 2.24) is 0 Å². The van der Waals surface area contributed by atoms with Crippen LogP contribution in [0.2, 0.25) is 5.02 Å². The summed E-state index contributed by atoms with van der Waals surface area (Å²) in [6, 6.07) is 16.8. The van der Waals surface area contributed by atoms with Gasteiger partial charge in [0.25, 0.3) is 5.91 Å². The van der Waals surface area contributed by atoms with Crippen molar-refractivity contribution in [3.8, 4) is 11.1 Å². The first-order chi connectivity index (χ1) is 14.9. The average molecular weight is 436 g/mol. The van der Waals surface area contributed by atoms with Crippen LogP contribution in [0.4, 0.5) is 10.1 Å². The molecule has 31 heavy (non-hydrogen) atoms. The van der Waals surface area contributed by atoms with Gasteiger partial charge in [-0.3, -0.25) is 4.79 Å². The molecule has 0 unspecified atom stereocenters. The van der Waals surface area contributed by atoms with Crippen LogP contribution in [0.15, 0.2) is 60.7 Å². The molecule has 1 saturated carbocycles. The number of amides is 1. The summed E-state index contributed by atoms with van der Waals surface area (Å²) in [6.45, 7) is 0.132. The molecule has 0 atom stereocenters. The fraction of sp³-hybridized carbons (Fsp3) is 0.160. The molecule has 3 N–H and O–H groups in total. The minimum Gasteiger partial charge on any atom is -0.506 e. The number of hydrogen-bond donors (Lipinski definition) is 3. The summed E-state index contributed by atoms with van der Waals surface area (Å²) in [7, 11) is 0. The number of rotatable bonds is 4. The molecule has 5 rings (SSSR count). The highest BCUT2D eigenvalue weighted by molar-refractivity contribution is 6.38. The van der Waals surface area contributed by atoms with Crippen LogP contribution in [-0.2, 0) is 10.2 Å². The Balaban J connectivity index is 1.59. The van der Waals surface area contributed by atoms with E-state index < -0.39 is 11.7 Å². The molecule has 1 fully saturated rings. The van der Waals surface area contributed by atoms with E-state index in [9.17, 15) is 19.4 Å². The zero-order valence-electron chi connectivity index (χ0n) is 16.5. The lowest BCUT2D eigenvalue weighted by atomic mass is 9.93. The largest absolute Gasteiger partial charge is 0.506 e. The molecule has 6 heteroatoms. The summed E-state index contributed by atoms with van der Waals surface area (Å²) in [5.41, 5.74) is 3.83. The van der Waals surface area contributed by atoms with Gasteiger partial charge in [0.05, 0.1) is 22.9 Å². The third-order valence-electron chi connectivity index (χ3n) is 6.15. The van der Waals surface area contributed by atoms with Crippen LogP contribution in [0.1, 0.15) is 29.5 Å².